The normalized spacial score (nSPS) is 10.4. The van der Waals surface area contributed by atoms with Crippen molar-refractivity contribution in [2.45, 2.75) is 13.2 Å². The minimum absolute atomic E-state index is 0.509. The summed E-state index contributed by atoms with van der Waals surface area (Å²) in [5.41, 5.74) is 3.26. The Hall–Kier alpha value is -1.92. The first kappa shape index (κ1) is 18.9. The molecule has 0 spiro atoms. The molecular weight excluding hydrogens is 461 g/mol. The van der Waals surface area contributed by atoms with E-state index in [0.717, 1.165) is 36.9 Å². The third-order valence-corrected chi connectivity index (χ3v) is 4.91. The fourth-order valence-corrected chi connectivity index (χ4v) is 3.46. The Labute approximate surface area is 172 Å². The molecule has 0 saturated heterocycles. The molecule has 3 aromatic carbocycles. The zero-order valence-corrected chi connectivity index (χ0v) is 17.3. The van der Waals surface area contributed by atoms with Gasteiger partial charge in [-0.1, -0.05) is 41.9 Å². The number of hydrogen-bond donors (Lipinski definition) is 1. The highest BCUT2D eigenvalue weighted by Crippen LogP contribution is 2.34. The Morgan fingerprint density at radius 2 is 1.69 bits per heavy atom. The molecule has 0 saturated carbocycles. The summed E-state index contributed by atoms with van der Waals surface area (Å²) in [4.78, 5) is 0. The Morgan fingerprint density at radius 3 is 2.38 bits per heavy atom. The largest absolute Gasteiger partial charge is 0.493 e. The van der Waals surface area contributed by atoms with Crippen LogP contribution in [0.5, 0.6) is 11.5 Å². The van der Waals surface area contributed by atoms with Crippen molar-refractivity contribution in [1.82, 2.24) is 0 Å². The average Bonchev–Trinajstić information content (AvgIpc) is 2.67. The molecule has 0 aromatic heterocycles. The second-order valence-corrected chi connectivity index (χ2v) is 7.34. The second-order valence-electron chi connectivity index (χ2n) is 5.74. The van der Waals surface area contributed by atoms with E-state index < -0.39 is 0 Å². The summed E-state index contributed by atoms with van der Waals surface area (Å²) in [5, 5.41) is 4.11. The highest BCUT2D eigenvalue weighted by Gasteiger charge is 2.12. The lowest BCUT2D eigenvalue weighted by Crippen LogP contribution is -2.03. The molecule has 3 rings (SSSR count). The maximum Gasteiger partial charge on any atom is 0.174 e. The van der Waals surface area contributed by atoms with Crippen molar-refractivity contribution in [3.8, 4) is 11.5 Å². The van der Waals surface area contributed by atoms with Crippen LogP contribution in [0.3, 0.4) is 0 Å². The smallest absolute Gasteiger partial charge is 0.174 e. The topological polar surface area (TPSA) is 30.5 Å². The first-order valence-electron chi connectivity index (χ1n) is 8.18. The van der Waals surface area contributed by atoms with Crippen molar-refractivity contribution in [3.63, 3.8) is 0 Å². The molecule has 0 aliphatic rings. The predicted octanol–water partition coefficient (Wildman–Crippen LogP) is 6.14. The summed E-state index contributed by atoms with van der Waals surface area (Å²) in [7, 11) is 1.66. The van der Waals surface area contributed by atoms with Crippen LogP contribution in [0.1, 0.15) is 11.1 Å². The van der Waals surface area contributed by atoms with Gasteiger partial charge < -0.3 is 14.8 Å². The molecule has 0 atom stereocenters. The number of methoxy groups -OCH3 is 1. The van der Waals surface area contributed by atoms with E-state index in [1.54, 1.807) is 7.11 Å². The van der Waals surface area contributed by atoms with Crippen LogP contribution in [0.15, 0.2) is 66.7 Å². The number of ether oxygens (including phenoxy) is 2. The molecule has 0 radical (unpaired) electrons. The Bertz CT molecular complexity index is 854. The van der Waals surface area contributed by atoms with E-state index >= 15 is 0 Å². The lowest BCUT2D eigenvalue weighted by molar-refractivity contribution is 0.282. The van der Waals surface area contributed by atoms with Gasteiger partial charge in [-0.25, -0.2) is 0 Å². The van der Waals surface area contributed by atoms with E-state index in [1.165, 1.54) is 0 Å². The van der Waals surface area contributed by atoms with Gasteiger partial charge in [-0.15, -0.1) is 0 Å². The van der Waals surface area contributed by atoms with Crippen LogP contribution in [0.4, 0.5) is 5.69 Å². The minimum Gasteiger partial charge on any atom is -0.493 e. The summed E-state index contributed by atoms with van der Waals surface area (Å²) in [6.07, 6.45) is 0. The van der Waals surface area contributed by atoms with Gasteiger partial charge in [0.05, 0.1) is 10.7 Å². The summed E-state index contributed by atoms with van der Waals surface area (Å²) in [5.74, 6) is 1.51. The molecule has 0 amide bonds. The maximum absolute atomic E-state index is 6.01. The molecular formula is C21H19ClINO2. The number of rotatable bonds is 7. The number of nitrogens with one attached hydrogen (secondary N) is 1. The molecule has 0 heterocycles. The van der Waals surface area contributed by atoms with Crippen LogP contribution in [0.25, 0.3) is 0 Å². The van der Waals surface area contributed by atoms with Crippen molar-refractivity contribution in [2.75, 3.05) is 12.4 Å². The maximum atomic E-state index is 6.01. The fourth-order valence-electron chi connectivity index (χ4n) is 2.52. The van der Waals surface area contributed by atoms with Crippen molar-refractivity contribution in [2.24, 2.45) is 0 Å². The quantitative estimate of drug-likeness (QED) is 0.413. The van der Waals surface area contributed by atoms with Crippen LogP contribution in [-0.2, 0) is 13.2 Å². The van der Waals surface area contributed by atoms with Gasteiger partial charge in [-0.2, -0.15) is 0 Å². The van der Waals surface area contributed by atoms with Crippen molar-refractivity contribution in [1.29, 1.82) is 0 Å². The van der Waals surface area contributed by atoms with Gasteiger partial charge in [-0.05, 0) is 70.1 Å². The third-order valence-electron chi connectivity index (χ3n) is 3.86. The molecule has 5 heteroatoms. The second kappa shape index (κ2) is 9.14. The fraction of sp³-hybridized carbons (Fsp3) is 0.143. The van der Waals surface area contributed by atoms with Crippen LogP contribution >= 0.6 is 34.2 Å². The number of hydrogen-bond acceptors (Lipinski definition) is 3. The van der Waals surface area contributed by atoms with Gasteiger partial charge in [0.15, 0.2) is 11.5 Å². The van der Waals surface area contributed by atoms with E-state index in [0.29, 0.717) is 13.2 Å². The summed E-state index contributed by atoms with van der Waals surface area (Å²) in [6.45, 7) is 1.20. The number of anilines is 1. The first-order chi connectivity index (χ1) is 12.7. The van der Waals surface area contributed by atoms with Crippen molar-refractivity contribution < 1.29 is 9.47 Å². The van der Waals surface area contributed by atoms with Crippen LogP contribution in [0.2, 0.25) is 5.02 Å². The Morgan fingerprint density at radius 1 is 0.962 bits per heavy atom. The number of benzene rings is 3. The van der Waals surface area contributed by atoms with Crippen LogP contribution < -0.4 is 14.8 Å². The van der Waals surface area contributed by atoms with Crippen LogP contribution in [0, 0.1) is 3.57 Å². The Kier molecular flexibility index (Phi) is 6.63. The summed E-state index contributed by atoms with van der Waals surface area (Å²) >= 11 is 8.21. The molecule has 26 heavy (non-hydrogen) atoms. The zero-order valence-electron chi connectivity index (χ0n) is 14.3. The van der Waals surface area contributed by atoms with E-state index in [-0.39, 0.29) is 0 Å². The highest BCUT2D eigenvalue weighted by molar-refractivity contribution is 14.1. The van der Waals surface area contributed by atoms with E-state index in [1.807, 2.05) is 60.7 Å². The lowest BCUT2D eigenvalue weighted by atomic mass is 10.2. The zero-order chi connectivity index (χ0) is 18.4. The monoisotopic (exact) mass is 479 g/mol. The van der Waals surface area contributed by atoms with Crippen LogP contribution in [-0.4, -0.2) is 7.11 Å². The lowest BCUT2D eigenvalue weighted by Gasteiger charge is -2.15. The molecule has 0 aliphatic carbocycles. The molecule has 3 aromatic rings. The van der Waals surface area contributed by atoms with Gasteiger partial charge in [0.2, 0.25) is 0 Å². The van der Waals surface area contributed by atoms with Gasteiger partial charge >= 0.3 is 0 Å². The molecule has 0 aliphatic heterocycles. The molecule has 1 N–H and O–H groups in total. The first-order valence-corrected chi connectivity index (χ1v) is 9.64. The SMILES string of the molecule is COc1cc(CNc2ccc(Cl)cc2)cc(I)c1OCc1ccccc1. The molecule has 0 bridgehead atoms. The summed E-state index contributed by atoms with van der Waals surface area (Å²) < 4.78 is 12.6. The van der Waals surface area contributed by atoms with E-state index in [4.69, 9.17) is 21.1 Å². The van der Waals surface area contributed by atoms with Crippen molar-refractivity contribution in [3.05, 3.63) is 86.4 Å². The average molecular weight is 480 g/mol. The van der Waals surface area contributed by atoms with Gasteiger partial charge in [0.25, 0.3) is 0 Å². The highest BCUT2D eigenvalue weighted by atomic mass is 127. The number of halogens is 2. The third kappa shape index (κ3) is 5.05. The van der Waals surface area contributed by atoms with E-state index in [9.17, 15) is 0 Å². The minimum atomic E-state index is 0.509. The van der Waals surface area contributed by atoms with Gasteiger partial charge in [-0.3, -0.25) is 0 Å². The summed E-state index contributed by atoms with van der Waals surface area (Å²) in [6, 6.07) is 21.9. The molecule has 134 valence electrons. The molecule has 0 fully saturated rings. The standard InChI is InChI=1S/C21H19ClINO2/c1-25-20-12-16(13-24-18-9-7-17(22)8-10-18)11-19(23)21(20)26-14-15-5-3-2-4-6-15/h2-12,24H,13-14H2,1H3. The van der Waals surface area contributed by atoms with Gasteiger partial charge in [0.1, 0.15) is 6.61 Å². The Balaban J connectivity index is 1.70. The predicted molar refractivity (Wildman–Crippen MR) is 115 cm³/mol. The van der Waals surface area contributed by atoms with E-state index in [2.05, 4.69) is 34.0 Å². The molecule has 0 unspecified atom stereocenters. The van der Waals surface area contributed by atoms with Crippen molar-refractivity contribution >= 4 is 39.9 Å². The van der Waals surface area contributed by atoms with Gasteiger partial charge in [0, 0.05) is 17.3 Å². The molecule has 3 nitrogen and oxygen atoms in total.